The monoisotopic (exact) mass is 619 g/mol. The van der Waals surface area contributed by atoms with Gasteiger partial charge in [-0.05, 0) is 74.8 Å². The molecule has 5 aromatic rings. The van der Waals surface area contributed by atoms with Gasteiger partial charge in [0.15, 0.2) is 5.82 Å². The fourth-order valence-corrected chi connectivity index (χ4v) is 7.24. The van der Waals surface area contributed by atoms with E-state index in [0.29, 0.717) is 30.4 Å². The van der Waals surface area contributed by atoms with Crippen LogP contribution >= 0.6 is 0 Å². The smallest absolute Gasteiger partial charge is 0.284 e. The van der Waals surface area contributed by atoms with Gasteiger partial charge >= 0.3 is 0 Å². The molecule has 1 aliphatic carbocycles. The van der Waals surface area contributed by atoms with Crippen LogP contribution in [-0.2, 0) is 24.8 Å². The van der Waals surface area contributed by atoms with Gasteiger partial charge in [-0.3, -0.25) is 19.1 Å². The van der Waals surface area contributed by atoms with E-state index >= 15 is 0 Å². The molecule has 3 N–H and O–H groups in total. The first-order chi connectivity index (χ1) is 22.4. The van der Waals surface area contributed by atoms with Crippen LogP contribution < -0.4 is 16.6 Å². The third kappa shape index (κ3) is 4.79. The minimum atomic E-state index is -0.404. The first-order valence-electron chi connectivity index (χ1n) is 16.2. The largest absolute Gasteiger partial charge is 0.382 e. The van der Waals surface area contributed by atoms with Crippen LogP contribution in [0.4, 0.5) is 11.5 Å². The van der Waals surface area contributed by atoms with Crippen LogP contribution in [-0.4, -0.2) is 58.3 Å². The molecule has 6 heterocycles. The lowest BCUT2D eigenvalue weighted by atomic mass is 9.92. The lowest BCUT2D eigenvalue weighted by Gasteiger charge is -2.32. The van der Waals surface area contributed by atoms with Crippen LogP contribution in [0.1, 0.15) is 66.2 Å². The first-order valence-corrected chi connectivity index (χ1v) is 16.2. The molecular weight excluding hydrogens is 582 g/mol. The molecule has 1 aromatic carbocycles. The van der Waals surface area contributed by atoms with Crippen LogP contribution in [0, 0.1) is 5.92 Å². The zero-order valence-electron chi connectivity index (χ0n) is 25.9. The first kappa shape index (κ1) is 28.4. The lowest BCUT2D eigenvalue weighted by molar-refractivity contribution is -0.133. The van der Waals surface area contributed by atoms with Crippen LogP contribution in [0.25, 0.3) is 22.3 Å². The number of benzene rings is 1. The summed E-state index contributed by atoms with van der Waals surface area (Å²) in [6.07, 6.45) is 11.6. The van der Waals surface area contributed by atoms with Gasteiger partial charge in [-0.2, -0.15) is 5.10 Å². The molecular formula is C34H37N9O3. The highest BCUT2D eigenvalue weighted by atomic mass is 16.2. The highest BCUT2D eigenvalue weighted by Crippen LogP contribution is 2.38. The number of anilines is 2. The molecule has 0 unspecified atom stereocenters. The highest BCUT2D eigenvalue weighted by Gasteiger charge is 2.36. The quantitative estimate of drug-likeness (QED) is 0.295. The van der Waals surface area contributed by atoms with E-state index in [9.17, 15) is 14.4 Å². The molecule has 46 heavy (non-hydrogen) atoms. The Kier molecular flexibility index (Phi) is 6.80. The topological polar surface area (TPSA) is 137 Å². The summed E-state index contributed by atoms with van der Waals surface area (Å²) in [5.74, 6) is 0.768. The van der Waals surface area contributed by atoms with Crippen molar-refractivity contribution in [2.45, 2.75) is 57.4 Å². The molecule has 0 radical (unpaired) electrons. The maximum atomic E-state index is 13.6. The standard InChI is InChI=1S/C34H37N9O3/c1-39-15-13-25(19-39)43-34(46)29(27-4-2-3-14-41(27)43)32(44)38-24-9-7-21(8-10-24)26-18-28(42-30(26)31(35)36-20-37-42)22-11-16-40(17-12-22)33(45)23-5-6-23/h7-10,13,15,18-20,22-23H,2-6,11-12,14,16-17H2,1H3,(H,38,44)(H2,35,36,37). The maximum absolute atomic E-state index is 13.6. The van der Waals surface area contributed by atoms with Crippen molar-refractivity contribution in [1.82, 2.24) is 33.4 Å². The van der Waals surface area contributed by atoms with E-state index < -0.39 is 5.91 Å². The molecule has 1 saturated carbocycles. The molecule has 2 fully saturated rings. The van der Waals surface area contributed by atoms with Crippen molar-refractivity contribution in [2.75, 3.05) is 24.1 Å². The third-order valence-electron chi connectivity index (χ3n) is 9.78. The SMILES string of the molecule is Cn1ccc(-n2c(=O)c(C(=O)Nc3ccc(-c4cc(C5CCN(C(=O)C6CC6)CC5)n5ncnc(N)c45)cc3)c3n2CCCC3)c1. The average molecular weight is 620 g/mol. The zero-order valence-corrected chi connectivity index (χ0v) is 25.9. The summed E-state index contributed by atoms with van der Waals surface area (Å²) < 4.78 is 7.37. The average Bonchev–Trinajstić information content (AvgIpc) is 3.61. The summed E-state index contributed by atoms with van der Waals surface area (Å²) in [5.41, 5.74) is 12.0. The molecule has 12 heteroatoms. The second-order valence-electron chi connectivity index (χ2n) is 12.8. The van der Waals surface area contributed by atoms with E-state index in [1.54, 1.807) is 4.68 Å². The molecule has 8 rings (SSSR count). The van der Waals surface area contributed by atoms with Crippen molar-refractivity contribution < 1.29 is 9.59 Å². The number of carbonyl (C=O) groups excluding carboxylic acids is 2. The maximum Gasteiger partial charge on any atom is 0.284 e. The number of rotatable bonds is 6. The second-order valence-corrected chi connectivity index (χ2v) is 12.8. The fourth-order valence-electron chi connectivity index (χ4n) is 7.24. The van der Waals surface area contributed by atoms with Gasteiger partial charge in [-0.25, -0.2) is 14.2 Å². The fraction of sp³-hybridized carbons (Fsp3) is 0.382. The summed E-state index contributed by atoms with van der Waals surface area (Å²) in [7, 11) is 1.91. The Morgan fingerprint density at radius 3 is 2.50 bits per heavy atom. The van der Waals surface area contributed by atoms with Gasteiger partial charge in [0, 0.05) is 67.9 Å². The predicted molar refractivity (Wildman–Crippen MR) is 174 cm³/mol. The summed E-state index contributed by atoms with van der Waals surface area (Å²) in [6.45, 7) is 2.19. The molecule has 12 nitrogen and oxygen atoms in total. The van der Waals surface area contributed by atoms with E-state index in [-0.39, 0.29) is 23.0 Å². The van der Waals surface area contributed by atoms with Gasteiger partial charge in [0.05, 0.1) is 11.4 Å². The van der Waals surface area contributed by atoms with Gasteiger partial charge < -0.3 is 20.5 Å². The van der Waals surface area contributed by atoms with E-state index in [1.807, 2.05) is 68.4 Å². The minimum Gasteiger partial charge on any atom is -0.382 e. The van der Waals surface area contributed by atoms with Crippen molar-refractivity contribution in [3.8, 4) is 16.8 Å². The van der Waals surface area contributed by atoms with E-state index in [0.717, 1.165) is 85.3 Å². The summed E-state index contributed by atoms with van der Waals surface area (Å²) >= 11 is 0. The van der Waals surface area contributed by atoms with Crippen molar-refractivity contribution in [3.05, 3.63) is 82.4 Å². The molecule has 236 valence electrons. The number of nitrogens with one attached hydrogen (secondary N) is 1. The number of carbonyl (C=O) groups is 2. The third-order valence-corrected chi connectivity index (χ3v) is 9.78. The number of nitrogen functional groups attached to an aromatic ring is 1. The van der Waals surface area contributed by atoms with E-state index in [1.165, 1.54) is 6.33 Å². The van der Waals surface area contributed by atoms with Crippen LogP contribution in [0.5, 0.6) is 0 Å². The molecule has 3 aliphatic rings. The number of nitrogens with zero attached hydrogens (tertiary/aromatic N) is 7. The second kappa shape index (κ2) is 11.0. The van der Waals surface area contributed by atoms with Gasteiger partial charge in [-0.1, -0.05) is 12.1 Å². The minimum absolute atomic E-state index is 0.200. The Hall–Kier alpha value is -5.13. The molecule has 1 saturated heterocycles. The van der Waals surface area contributed by atoms with Crippen molar-refractivity contribution in [3.63, 3.8) is 0 Å². The molecule has 0 spiro atoms. The Morgan fingerprint density at radius 2 is 1.78 bits per heavy atom. The van der Waals surface area contributed by atoms with Crippen molar-refractivity contribution >= 4 is 28.8 Å². The van der Waals surface area contributed by atoms with Gasteiger partial charge in [0.1, 0.15) is 17.4 Å². The number of likely N-dealkylation sites (tertiary alicyclic amines) is 1. The Bertz CT molecular complexity index is 2040. The van der Waals surface area contributed by atoms with Crippen molar-refractivity contribution in [1.29, 1.82) is 0 Å². The normalized spacial score (nSPS) is 16.9. The van der Waals surface area contributed by atoms with E-state index in [2.05, 4.69) is 21.5 Å². The highest BCUT2D eigenvalue weighted by molar-refractivity contribution is 6.05. The molecule has 2 amide bonds. The number of aryl methyl sites for hydroxylation is 1. The number of hydrogen-bond acceptors (Lipinski definition) is 6. The Morgan fingerprint density at radius 1 is 1.00 bits per heavy atom. The number of aromatic nitrogens is 6. The number of fused-ring (bicyclic) bond motifs is 2. The molecule has 4 aromatic heterocycles. The number of piperidine rings is 1. The van der Waals surface area contributed by atoms with Gasteiger partial charge in [-0.15, -0.1) is 0 Å². The lowest BCUT2D eigenvalue weighted by Crippen LogP contribution is -2.39. The van der Waals surface area contributed by atoms with Crippen LogP contribution in [0.2, 0.25) is 0 Å². The predicted octanol–water partition coefficient (Wildman–Crippen LogP) is 3.97. The molecule has 2 aliphatic heterocycles. The summed E-state index contributed by atoms with van der Waals surface area (Å²) in [4.78, 5) is 46.1. The molecule has 0 atom stereocenters. The van der Waals surface area contributed by atoms with Gasteiger partial charge in [0.2, 0.25) is 5.91 Å². The zero-order chi connectivity index (χ0) is 31.5. The van der Waals surface area contributed by atoms with Crippen LogP contribution in [0.3, 0.4) is 0 Å². The number of amides is 2. The van der Waals surface area contributed by atoms with Crippen molar-refractivity contribution in [2.24, 2.45) is 13.0 Å². The Labute approximate surface area is 265 Å². The number of hydrogen-bond donors (Lipinski definition) is 2. The summed E-state index contributed by atoms with van der Waals surface area (Å²) in [6, 6.07) is 11.6. The molecule has 0 bridgehead atoms. The van der Waals surface area contributed by atoms with Gasteiger partial charge in [0.25, 0.3) is 11.5 Å². The van der Waals surface area contributed by atoms with E-state index in [4.69, 9.17) is 5.73 Å². The summed E-state index contributed by atoms with van der Waals surface area (Å²) in [5, 5.41) is 7.54. The Balaban J connectivity index is 1.06. The van der Waals surface area contributed by atoms with Crippen LogP contribution in [0.15, 0.2) is 59.9 Å². The number of nitrogens with two attached hydrogens (primary N) is 1.